The van der Waals surface area contributed by atoms with Crippen molar-refractivity contribution < 1.29 is 13.9 Å². The molecule has 2 aromatic rings. The number of nitrogens with zero attached hydrogens (tertiary/aromatic N) is 2. The third kappa shape index (κ3) is 3.49. The second kappa shape index (κ2) is 7.04. The monoisotopic (exact) mass is 343 g/mol. The van der Waals surface area contributed by atoms with Crippen LogP contribution in [-0.4, -0.2) is 47.8 Å². The minimum atomic E-state index is -0.0104. The third-order valence-corrected chi connectivity index (χ3v) is 5.24. The summed E-state index contributed by atoms with van der Waals surface area (Å²) < 4.78 is 11.6. The maximum Gasteiger partial charge on any atom is 0.317 e. The molecule has 4 rings (SSSR count). The minimum Gasteiger partial charge on any atom is -0.440 e. The highest BCUT2D eigenvalue weighted by Crippen LogP contribution is 2.29. The lowest BCUT2D eigenvalue weighted by Gasteiger charge is -2.33. The summed E-state index contributed by atoms with van der Waals surface area (Å²) in [5.41, 5.74) is 1.69. The molecule has 2 amide bonds. The lowest BCUT2D eigenvalue weighted by atomic mass is 9.98. The van der Waals surface area contributed by atoms with E-state index in [1.54, 1.807) is 0 Å². The molecular formula is C19H25N3O3. The van der Waals surface area contributed by atoms with Gasteiger partial charge in [-0.1, -0.05) is 12.1 Å². The van der Waals surface area contributed by atoms with Gasteiger partial charge in [0.2, 0.25) is 0 Å². The second-order valence-electron chi connectivity index (χ2n) is 7.09. The van der Waals surface area contributed by atoms with E-state index in [0.717, 1.165) is 55.8 Å². The number of piperidine rings is 1. The second-order valence-corrected chi connectivity index (χ2v) is 7.09. The predicted octanol–water partition coefficient (Wildman–Crippen LogP) is 3.28. The predicted molar refractivity (Wildman–Crippen MR) is 94.5 cm³/mol. The number of amides is 2. The summed E-state index contributed by atoms with van der Waals surface area (Å²) in [6, 6.07) is 7.83. The summed E-state index contributed by atoms with van der Waals surface area (Å²) in [6.07, 6.45) is 4.20. The number of aromatic nitrogens is 1. The van der Waals surface area contributed by atoms with Crippen molar-refractivity contribution in [2.24, 2.45) is 0 Å². The Labute approximate surface area is 147 Å². The molecule has 2 aliphatic rings. The van der Waals surface area contributed by atoms with Gasteiger partial charge in [-0.2, -0.15) is 0 Å². The van der Waals surface area contributed by atoms with Crippen LogP contribution in [0, 0.1) is 0 Å². The molecule has 1 N–H and O–H groups in total. The fraction of sp³-hybridized carbons (Fsp3) is 0.579. The molecular weight excluding hydrogens is 318 g/mol. The molecule has 134 valence electrons. The number of para-hydroxylation sites is 2. The Morgan fingerprint density at radius 3 is 3.00 bits per heavy atom. The van der Waals surface area contributed by atoms with E-state index in [1.165, 1.54) is 0 Å². The normalized spacial score (nSPS) is 25.2. The molecule has 1 aromatic heterocycles. The van der Waals surface area contributed by atoms with E-state index in [-0.39, 0.29) is 24.1 Å². The van der Waals surface area contributed by atoms with E-state index in [9.17, 15) is 4.79 Å². The molecule has 0 bridgehead atoms. The number of nitrogens with one attached hydrogen (secondary N) is 1. The fourth-order valence-corrected chi connectivity index (χ4v) is 3.80. The number of likely N-dealkylation sites (tertiary alicyclic amines) is 1. The number of hydrogen-bond donors (Lipinski definition) is 1. The SMILES string of the molecule is C[C@H](NC(=O)N1CCC[C@@H](c2nc3ccccc3o2)C1)[C@@H]1CCCO1. The highest BCUT2D eigenvalue weighted by Gasteiger charge is 2.30. The van der Waals surface area contributed by atoms with Crippen molar-refractivity contribution in [3.05, 3.63) is 30.2 Å². The Kier molecular flexibility index (Phi) is 4.61. The van der Waals surface area contributed by atoms with Crippen molar-refractivity contribution in [3.8, 4) is 0 Å². The van der Waals surface area contributed by atoms with E-state index < -0.39 is 0 Å². The first-order valence-electron chi connectivity index (χ1n) is 9.23. The molecule has 1 aromatic carbocycles. The van der Waals surface area contributed by atoms with Gasteiger partial charge >= 0.3 is 6.03 Å². The Morgan fingerprint density at radius 1 is 1.32 bits per heavy atom. The fourth-order valence-electron chi connectivity index (χ4n) is 3.80. The molecule has 3 atom stereocenters. The number of rotatable bonds is 3. The molecule has 6 nitrogen and oxygen atoms in total. The van der Waals surface area contributed by atoms with Gasteiger partial charge in [-0.15, -0.1) is 0 Å². The largest absolute Gasteiger partial charge is 0.440 e. The van der Waals surface area contributed by atoms with Crippen LogP contribution in [0.1, 0.15) is 44.4 Å². The number of carbonyl (C=O) groups is 1. The Morgan fingerprint density at radius 2 is 2.20 bits per heavy atom. The molecule has 2 fully saturated rings. The standard InChI is InChI=1S/C19H25N3O3/c1-13(16-9-5-11-24-16)20-19(23)22-10-4-6-14(12-22)18-21-15-7-2-3-8-17(15)25-18/h2-3,7-8,13-14,16H,4-6,9-12H2,1H3,(H,20,23)/t13-,14+,16-/m0/s1. The van der Waals surface area contributed by atoms with Crippen LogP contribution in [0.15, 0.2) is 28.7 Å². The number of ether oxygens (including phenoxy) is 1. The molecule has 0 radical (unpaired) electrons. The number of benzene rings is 1. The first-order chi connectivity index (χ1) is 12.2. The molecule has 0 spiro atoms. The Hall–Kier alpha value is -2.08. The number of urea groups is 1. The van der Waals surface area contributed by atoms with Gasteiger partial charge in [-0.3, -0.25) is 0 Å². The van der Waals surface area contributed by atoms with Gasteiger partial charge in [0.05, 0.1) is 18.1 Å². The Balaban J connectivity index is 1.40. The number of oxazole rings is 1. The lowest BCUT2D eigenvalue weighted by Crippen LogP contribution is -2.50. The molecule has 0 aliphatic carbocycles. The summed E-state index contributed by atoms with van der Waals surface area (Å²) in [4.78, 5) is 19.1. The summed E-state index contributed by atoms with van der Waals surface area (Å²) >= 11 is 0. The maximum atomic E-state index is 12.6. The number of carbonyl (C=O) groups excluding carboxylic acids is 1. The molecule has 2 aliphatic heterocycles. The number of hydrogen-bond acceptors (Lipinski definition) is 4. The van der Waals surface area contributed by atoms with E-state index >= 15 is 0 Å². The highest BCUT2D eigenvalue weighted by molar-refractivity contribution is 5.75. The minimum absolute atomic E-state index is 0.0104. The zero-order valence-corrected chi connectivity index (χ0v) is 14.6. The summed E-state index contributed by atoms with van der Waals surface area (Å²) in [5, 5.41) is 3.10. The van der Waals surface area contributed by atoms with Crippen LogP contribution in [0.4, 0.5) is 4.79 Å². The van der Waals surface area contributed by atoms with Crippen molar-refractivity contribution in [1.82, 2.24) is 15.2 Å². The van der Waals surface area contributed by atoms with Gasteiger partial charge in [0, 0.05) is 19.7 Å². The van der Waals surface area contributed by atoms with Gasteiger partial charge in [0.25, 0.3) is 0 Å². The van der Waals surface area contributed by atoms with Crippen molar-refractivity contribution in [2.75, 3.05) is 19.7 Å². The van der Waals surface area contributed by atoms with Crippen LogP contribution >= 0.6 is 0 Å². The molecule has 6 heteroatoms. The van der Waals surface area contributed by atoms with Gasteiger partial charge in [0.15, 0.2) is 11.5 Å². The van der Waals surface area contributed by atoms with Crippen LogP contribution < -0.4 is 5.32 Å². The van der Waals surface area contributed by atoms with Crippen molar-refractivity contribution in [2.45, 2.75) is 50.7 Å². The first-order valence-corrected chi connectivity index (χ1v) is 9.23. The van der Waals surface area contributed by atoms with Crippen molar-refractivity contribution in [3.63, 3.8) is 0 Å². The van der Waals surface area contributed by atoms with Crippen LogP contribution in [-0.2, 0) is 4.74 Å². The smallest absolute Gasteiger partial charge is 0.317 e. The molecule has 0 unspecified atom stereocenters. The quantitative estimate of drug-likeness (QED) is 0.929. The van der Waals surface area contributed by atoms with Gasteiger partial charge in [0.1, 0.15) is 5.52 Å². The Bertz CT molecular complexity index is 705. The maximum absolute atomic E-state index is 12.6. The number of fused-ring (bicyclic) bond motifs is 1. The first kappa shape index (κ1) is 16.4. The third-order valence-electron chi connectivity index (χ3n) is 5.24. The van der Waals surface area contributed by atoms with Gasteiger partial charge < -0.3 is 19.4 Å². The van der Waals surface area contributed by atoms with Crippen LogP contribution in [0.25, 0.3) is 11.1 Å². The topological polar surface area (TPSA) is 67.6 Å². The van der Waals surface area contributed by atoms with E-state index in [4.69, 9.17) is 9.15 Å². The molecule has 25 heavy (non-hydrogen) atoms. The zero-order chi connectivity index (χ0) is 17.2. The lowest BCUT2D eigenvalue weighted by molar-refractivity contribution is 0.0821. The van der Waals surface area contributed by atoms with E-state index in [2.05, 4.69) is 10.3 Å². The molecule has 2 saturated heterocycles. The van der Waals surface area contributed by atoms with Crippen molar-refractivity contribution >= 4 is 17.1 Å². The van der Waals surface area contributed by atoms with Crippen molar-refractivity contribution in [1.29, 1.82) is 0 Å². The van der Waals surface area contributed by atoms with Gasteiger partial charge in [-0.25, -0.2) is 9.78 Å². The van der Waals surface area contributed by atoms with Crippen LogP contribution in [0.2, 0.25) is 0 Å². The van der Waals surface area contributed by atoms with Crippen LogP contribution in [0.3, 0.4) is 0 Å². The van der Waals surface area contributed by atoms with Crippen LogP contribution in [0.5, 0.6) is 0 Å². The molecule has 0 saturated carbocycles. The van der Waals surface area contributed by atoms with E-state index in [1.807, 2.05) is 36.1 Å². The summed E-state index contributed by atoms with van der Waals surface area (Å²) in [7, 11) is 0. The zero-order valence-electron chi connectivity index (χ0n) is 14.6. The average Bonchev–Trinajstić information content (AvgIpc) is 3.31. The summed E-state index contributed by atoms with van der Waals surface area (Å²) in [6.45, 7) is 4.25. The van der Waals surface area contributed by atoms with Gasteiger partial charge in [-0.05, 0) is 44.7 Å². The highest BCUT2D eigenvalue weighted by atomic mass is 16.5. The van der Waals surface area contributed by atoms with E-state index in [0.29, 0.717) is 6.54 Å². The summed E-state index contributed by atoms with van der Waals surface area (Å²) in [5.74, 6) is 0.899. The molecule has 3 heterocycles. The average molecular weight is 343 g/mol.